The molecule has 0 aliphatic rings. The summed E-state index contributed by atoms with van der Waals surface area (Å²) in [6.07, 6.45) is 2.55. The first-order valence-electron chi connectivity index (χ1n) is 10.7. The summed E-state index contributed by atoms with van der Waals surface area (Å²) in [5.41, 5.74) is 4.07. The highest BCUT2D eigenvalue weighted by Crippen LogP contribution is 2.24. The second-order valence-corrected chi connectivity index (χ2v) is 7.77. The van der Waals surface area contributed by atoms with Gasteiger partial charge in [0, 0.05) is 24.8 Å². The fourth-order valence-corrected chi connectivity index (χ4v) is 3.58. The normalized spacial score (nSPS) is 11.7. The Balaban J connectivity index is 1.47. The number of nitrogens with one attached hydrogen (secondary N) is 1. The fraction of sp³-hybridized carbons (Fsp3) is 0.192. The Morgan fingerprint density at radius 1 is 0.875 bits per heavy atom. The third-order valence-electron chi connectivity index (χ3n) is 5.22. The highest BCUT2D eigenvalue weighted by atomic mass is 16.3. The Bertz CT molecular complexity index is 1170. The summed E-state index contributed by atoms with van der Waals surface area (Å²) in [7, 11) is 1.95. The van der Waals surface area contributed by atoms with E-state index in [2.05, 4.69) is 35.4 Å². The van der Waals surface area contributed by atoms with Crippen molar-refractivity contribution in [2.24, 2.45) is 0 Å². The van der Waals surface area contributed by atoms with Crippen molar-refractivity contribution in [3.63, 3.8) is 0 Å². The third kappa shape index (κ3) is 5.28. The van der Waals surface area contributed by atoms with Crippen LogP contribution in [0.4, 0.5) is 17.6 Å². The highest BCUT2D eigenvalue weighted by Gasteiger charge is 2.11. The van der Waals surface area contributed by atoms with Gasteiger partial charge in [-0.15, -0.1) is 0 Å². The van der Waals surface area contributed by atoms with Crippen LogP contribution in [0.15, 0.2) is 85.1 Å². The van der Waals surface area contributed by atoms with E-state index in [1.165, 1.54) is 0 Å². The standard InChI is InChI=1S/C26H27N5O/c1-19(16-20-8-6-9-21(17-20)18-32)28-26-27-15-14-25(30-26)31(2)24-13-7-12-23(29-24)22-10-4-3-5-11-22/h3-15,17,19,32H,16,18H2,1-2H3,(H,27,28,30). The Labute approximate surface area is 188 Å². The number of nitrogens with zero attached hydrogens (tertiary/aromatic N) is 4. The lowest BCUT2D eigenvalue weighted by atomic mass is 10.0. The minimum atomic E-state index is 0.0483. The minimum Gasteiger partial charge on any atom is -0.392 e. The molecular weight excluding hydrogens is 398 g/mol. The van der Waals surface area contributed by atoms with Crippen LogP contribution < -0.4 is 10.2 Å². The molecule has 2 aromatic heterocycles. The van der Waals surface area contributed by atoms with Gasteiger partial charge in [-0.2, -0.15) is 4.98 Å². The predicted molar refractivity (Wildman–Crippen MR) is 129 cm³/mol. The zero-order chi connectivity index (χ0) is 22.3. The van der Waals surface area contributed by atoms with Gasteiger partial charge in [-0.1, -0.05) is 60.7 Å². The molecular formula is C26H27N5O. The maximum atomic E-state index is 9.34. The Morgan fingerprint density at radius 3 is 2.44 bits per heavy atom. The van der Waals surface area contributed by atoms with E-state index in [-0.39, 0.29) is 12.6 Å². The minimum absolute atomic E-state index is 0.0483. The molecule has 4 rings (SSSR count). The van der Waals surface area contributed by atoms with Crippen LogP contribution in [-0.4, -0.2) is 33.1 Å². The van der Waals surface area contributed by atoms with Gasteiger partial charge in [0.25, 0.3) is 0 Å². The van der Waals surface area contributed by atoms with Gasteiger partial charge in [0.15, 0.2) is 0 Å². The smallest absolute Gasteiger partial charge is 0.224 e. The summed E-state index contributed by atoms with van der Waals surface area (Å²) in [6.45, 7) is 2.14. The number of aliphatic hydroxyl groups excluding tert-OH is 1. The molecule has 0 saturated carbocycles. The molecule has 0 radical (unpaired) electrons. The monoisotopic (exact) mass is 425 g/mol. The lowest BCUT2D eigenvalue weighted by molar-refractivity contribution is 0.281. The first kappa shape index (κ1) is 21.5. The van der Waals surface area contributed by atoms with Gasteiger partial charge in [-0.25, -0.2) is 9.97 Å². The molecule has 162 valence electrons. The van der Waals surface area contributed by atoms with Crippen LogP contribution in [-0.2, 0) is 13.0 Å². The summed E-state index contributed by atoms with van der Waals surface area (Å²) >= 11 is 0. The topological polar surface area (TPSA) is 74.2 Å². The first-order chi connectivity index (χ1) is 15.6. The predicted octanol–water partition coefficient (Wildman–Crippen LogP) is 4.84. The molecule has 0 aliphatic heterocycles. The summed E-state index contributed by atoms with van der Waals surface area (Å²) < 4.78 is 0. The molecule has 6 nitrogen and oxygen atoms in total. The zero-order valence-electron chi connectivity index (χ0n) is 18.3. The molecule has 1 atom stereocenters. The molecule has 2 aromatic carbocycles. The summed E-state index contributed by atoms with van der Waals surface area (Å²) in [5.74, 6) is 2.14. The first-order valence-corrected chi connectivity index (χ1v) is 10.7. The van der Waals surface area contributed by atoms with E-state index in [1.807, 2.05) is 72.6 Å². The van der Waals surface area contributed by atoms with Crippen LogP contribution in [0.25, 0.3) is 11.3 Å². The van der Waals surface area contributed by atoms with Crippen LogP contribution in [0.2, 0.25) is 0 Å². The second-order valence-electron chi connectivity index (χ2n) is 7.77. The van der Waals surface area contributed by atoms with Gasteiger partial charge in [-0.05, 0) is 42.7 Å². The quantitative estimate of drug-likeness (QED) is 0.421. The van der Waals surface area contributed by atoms with Crippen molar-refractivity contribution in [2.75, 3.05) is 17.3 Å². The van der Waals surface area contributed by atoms with Crippen LogP contribution >= 0.6 is 0 Å². The average molecular weight is 426 g/mol. The zero-order valence-corrected chi connectivity index (χ0v) is 18.3. The molecule has 32 heavy (non-hydrogen) atoms. The van der Waals surface area contributed by atoms with Crippen molar-refractivity contribution in [3.05, 3.63) is 96.2 Å². The summed E-state index contributed by atoms with van der Waals surface area (Å²) in [6, 6.07) is 26.1. The molecule has 0 spiro atoms. The molecule has 1 unspecified atom stereocenters. The Kier molecular flexibility index (Phi) is 6.72. The van der Waals surface area contributed by atoms with Gasteiger partial charge in [0.2, 0.25) is 5.95 Å². The van der Waals surface area contributed by atoms with E-state index in [9.17, 15) is 5.11 Å². The van der Waals surface area contributed by atoms with E-state index < -0.39 is 0 Å². The average Bonchev–Trinajstić information content (AvgIpc) is 2.84. The number of aromatic nitrogens is 3. The molecule has 0 fully saturated rings. The number of pyridine rings is 1. The molecule has 0 bridgehead atoms. The van der Waals surface area contributed by atoms with E-state index in [1.54, 1.807) is 6.20 Å². The molecule has 2 heterocycles. The third-order valence-corrected chi connectivity index (χ3v) is 5.22. The molecule has 0 saturated heterocycles. The van der Waals surface area contributed by atoms with Crippen LogP contribution in [0.3, 0.4) is 0 Å². The summed E-state index contributed by atoms with van der Waals surface area (Å²) in [4.78, 5) is 15.8. The molecule has 0 aliphatic carbocycles. The van der Waals surface area contributed by atoms with E-state index >= 15 is 0 Å². The number of rotatable bonds is 8. The van der Waals surface area contributed by atoms with Crippen molar-refractivity contribution in [3.8, 4) is 11.3 Å². The molecule has 4 aromatic rings. The molecule has 2 N–H and O–H groups in total. The number of anilines is 3. The van der Waals surface area contributed by atoms with Crippen LogP contribution in [0.5, 0.6) is 0 Å². The van der Waals surface area contributed by atoms with Crippen molar-refractivity contribution >= 4 is 17.6 Å². The van der Waals surface area contributed by atoms with Crippen LogP contribution in [0, 0.1) is 0 Å². The van der Waals surface area contributed by atoms with E-state index in [0.717, 1.165) is 40.4 Å². The van der Waals surface area contributed by atoms with Gasteiger partial charge < -0.3 is 15.3 Å². The van der Waals surface area contributed by atoms with E-state index in [0.29, 0.717) is 5.95 Å². The van der Waals surface area contributed by atoms with E-state index in [4.69, 9.17) is 9.97 Å². The maximum Gasteiger partial charge on any atom is 0.224 e. The molecule has 6 heteroatoms. The van der Waals surface area contributed by atoms with Crippen molar-refractivity contribution in [1.29, 1.82) is 0 Å². The second kappa shape index (κ2) is 10.0. The number of hydrogen-bond donors (Lipinski definition) is 2. The van der Waals surface area contributed by atoms with Crippen LogP contribution in [0.1, 0.15) is 18.1 Å². The maximum absolute atomic E-state index is 9.34. The lowest BCUT2D eigenvalue weighted by Crippen LogP contribution is -2.21. The van der Waals surface area contributed by atoms with Gasteiger partial charge in [0.05, 0.1) is 12.3 Å². The number of hydrogen-bond acceptors (Lipinski definition) is 6. The SMILES string of the molecule is CC(Cc1cccc(CO)c1)Nc1nccc(N(C)c2cccc(-c3ccccc3)n2)n1. The highest BCUT2D eigenvalue weighted by molar-refractivity contribution is 5.64. The summed E-state index contributed by atoms with van der Waals surface area (Å²) in [5, 5.41) is 12.7. The lowest BCUT2D eigenvalue weighted by Gasteiger charge is -2.20. The fourth-order valence-electron chi connectivity index (χ4n) is 3.58. The van der Waals surface area contributed by atoms with Crippen molar-refractivity contribution < 1.29 is 5.11 Å². The van der Waals surface area contributed by atoms with Crippen molar-refractivity contribution in [2.45, 2.75) is 26.0 Å². The van der Waals surface area contributed by atoms with Crippen molar-refractivity contribution in [1.82, 2.24) is 15.0 Å². The number of benzene rings is 2. The molecule has 0 amide bonds. The Morgan fingerprint density at radius 2 is 1.62 bits per heavy atom. The largest absolute Gasteiger partial charge is 0.392 e. The Hall–Kier alpha value is -3.77. The number of aliphatic hydroxyl groups is 1. The van der Waals surface area contributed by atoms with Gasteiger partial charge in [0.1, 0.15) is 11.6 Å². The van der Waals surface area contributed by atoms with Gasteiger partial charge in [-0.3, -0.25) is 0 Å². The van der Waals surface area contributed by atoms with Gasteiger partial charge >= 0.3 is 0 Å².